The number of nitrogens with zero attached hydrogens (tertiary/aromatic N) is 2. The quantitative estimate of drug-likeness (QED) is 0.289. The Morgan fingerprint density at radius 3 is 2.38 bits per heavy atom. The smallest absolute Gasteiger partial charge is 0.306 e. The summed E-state index contributed by atoms with van der Waals surface area (Å²) in [5, 5.41) is 10.7. The van der Waals surface area contributed by atoms with Gasteiger partial charge in [0.1, 0.15) is 18.2 Å². The van der Waals surface area contributed by atoms with Crippen LogP contribution in [-0.2, 0) is 24.3 Å². The van der Waals surface area contributed by atoms with E-state index in [-0.39, 0.29) is 17.4 Å². The van der Waals surface area contributed by atoms with Crippen molar-refractivity contribution >= 4 is 44.4 Å². The maximum atomic E-state index is 14.2. The molecule has 8 nitrogen and oxygen atoms in total. The third kappa shape index (κ3) is 4.81. The Kier molecular flexibility index (Phi) is 6.74. The molecule has 4 aromatic rings. The number of benzene rings is 3. The maximum Gasteiger partial charge on any atom is 0.306 e. The molecule has 1 N–H and O–H groups in total. The van der Waals surface area contributed by atoms with Crippen molar-refractivity contribution in [1.29, 1.82) is 0 Å². The summed E-state index contributed by atoms with van der Waals surface area (Å²) in [5.41, 5.74) is 1.39. The Morgan fingerprint density at radius 1 is 0.950 bits per heavy atom. The highest BCUT2D eigenvalue weighted by Gasteiger charge is 2.47. The van der Waals surface area contributed by atoms with Crippen molar-refractivity contribution in [2.75, 3.05) is 6.54 Å². The molecule has 40 heavy (non-hydrogen) atoms. The van der Waals surface area contributed by atoms with Gasteiger partial charge in [-0.3, -0.25) is 9.59 Å². The first kappa shape index (κ1) is 26.3. The van der Waals surface area contributed by atoms with Crippen LogP contribution < -0.4 is 0 Å². The molecule has 0 saturated carbocycles. The molecule has 204 valence electrons. The summed E-state index contributed by atoms with van der Waals surface area (Å²) in [4.78, 5) is 27.2. The molecule has 6 rings (SSSR count). The monoisotopic (exact) mass is 576 g/mol. The minimum absolute atomic E-state index is 0.00130. The number of morpholine rings is 1. The molecule has 3 atom stereocenters. The molecule has 1 fully saturated rings. The van der Waals surface area contributed by atoms with Gasteiger partial charge in [-0.2, -0.15) is 0 Å². The Balaban J connectivity index is 1.60. The molecule has 10 heteroatoms. The zero-order chi connectivity index (χ0) is 28.0. The summed E-state index contributed by atoms with van der Waals surface area (Å²) in [5.74, 6) is -1.68. The number of carbonyl (C=O) groups is 2. The molecule has 3 aromatic carbocycles. The van der Waals surface area contributed by atoms with Crippen LogP contribution in [0.3, 0.4) is 0 Å². The number of fused-ring (bicyclic) bond motifs is 1. The zero-order valence-electron chi connectivity index (χ0n) is 21.1. The van der Waals surface area contributed by atoms with Gasteiger partial charge in [-0.25, -0.2) is 12.4 Å². The summed E-state index contributed by atoms with van der Waals surface area (Å²) in [7, 11) is -4.11. The summed E-state index contributed by atoms with van der Waals surface area (Å²) in [6, 6.07) is 23.0. The van der Waals surface area contributed by atoms with Crippen molar-refractivity contribution < 1.29 is 27.9 Å². The number of amides is 1. The Bertz CT molecular complexity index is 1740. The largest absolute Gasteiger partial charge is 0.481 e. The van der Waals surface area contributed by atoms with Crippen molar-refractivity contribution in [2.45, 2.75) is 29.6 Å². The molecule has 0 spiro atoms. The van der Waals surface area contributed by atoms with Crippen molar-refractivity contribution in [3.8, 4) is 0 Å². The molecule has 0 bridgehead atoms. The number of aromatic nitrogens is 1. The standard InChI is InChI=1S/C30H25ClN2O6S/c31-22-9-6-8-21(15-22)29-28(32(18-19-13-14-19)30(36)26(39-29)17-27(34)35)25-16-20-7-4-5-12-24(20)33(25)40(37,38)23-10-2-1-3-11-23/h1-16,19,26,28-29H,17-18H2,(H,34,35)/t26-,28-,29-/m1/s1. The SMILES string of the molecule is O=C(O)C[C@H]1O[C@H](c2cccc(Cl)c2)[C@@H](c2cc3ccccc3n2S(=O)(=O)c2ccccc2)N(CC2C=C2)C1=O. The van der Waals surface area contributed by atoms with E-state index in [2.05, 4.69) is 0 Å². The molecule has 1 aliphatic heterocycles. The lowest BCUT2D eigenvalue weighted by Crippen LogP contribution is -2.52. The van der Waals surface area contributed by atoms with Gasteiger partial charge in [0.05, 0.1) is 22.5 Å². The minimum Gasteiger partial charge on any atom is -0.481 e. The molecule has 1 aromatic heterocycles. The van der Waals surface area contributed by atoms with E-state index in [0.29, 0.717) is 27.2 Å². The average molecular weight is 577 g/mol. The predicted octanol–water partition coefficient (Wildman–Crippen LogP) is 5.20. The molecule has 2 aliphatic rings. The van der Waals surface area contributed by atoms with Crippen LogP contribution in [0.15, 0.2) is 102 Å². The van der Waals surface area contributed by atoms with Crippen LogP contribution in [-0.4, -0.2) is 46.9 Å². The Hall–Kier alpha value is -3.92. The number of halogens is 1. The van der Waals surface area contributed by atoms with Crippen LogP contribution in [0.25, 0.3) is 10.9 Å². The molecule has 0 radical (unpaired) electrons. The van der Waals surface area contributed by atoms with Gasteiger partial charge in [0.25, 0.3) is 15.9 Å². The Labute approximate surface area is 236 Å². The van der Waals surface area contributed by atoms with Crippen LogP contribution in [0.2, 0.25) is 5.02 Å². The second-order valence-corrected chi connectivity index (χ2v) is 12.1. The minimum atomic E-state index is -4.11. The third-order valence-corrected chi connectivity index (χ3v) is 9.17. The van der Waals surface area contributed by atoms with Crippen LogP contribution in [0.5, 0.6) is 0 Å². The first-order valence-electron chi connectivity index (χ1n) is 12.8. The van der Waals surface area contributed by atoms with Crippen LogP contribution >= 0.6 is 11.6 Å². The molecule has 0 unspecified atom stereocenters. The van der Waals surface area contributed by atoms with Crippen molar-refractivity contribution in [1.82, 2.24) is 8.87 Å². The predicted molar refractivity (Wildman–Crippen MR) is 149 cm³/mol. The number of carboxylic acids is 1. The van der Waals surface area contributed by atoms with E-state index in [4.69, 9.17) is 16.3 Å². The van der Waals surface area contributed by atoms with E-state index in [9.17, 15) is 23.1 Å². The van der Waals surface area contributed by atoms with Gasteiger partial charge < -0.3 is 14.7 Å². The summed E-state index contributed by atoms with van der Waals surface area (Å²) >= 11 is 6.34. The topological polar surface area (TPSA) is 106 Å². The van der Waals surface area contributed by atoms with E-state index in [1.54, 1.807) is 65.6 Å². The number of hydrogen-bond donors (Lipinski definition) is 1. The van der Waals surface area contributed by atoms with Gasteiger partial charge in [0.2, 0.25) is 0 Å². The number of para-hydroxylation sites is 1. The van der Waals surface area contributed by atoms with Gasteiger partial charge >= 0.3 is 5.97 Å². The highest BCUT2D eigenvalue weighted by Crippen LogP contribution is 2.46. The number of rotatable bonds is 8. The highest BCUT2D eigenvalue weighted by atomic mass is 35.5. The van der Waals surface area contributed by atoms with E-state index in [1.165, 1.54) is 16.1 Å². The van der Waals surface area contributed by atoms with Crippen molar-refractivity contribution in [3.63, 3.8) is 0 Å². The van der Waals surface area contributed by atoms with Crippen LogP contribution in [0.1, 0.15) is 29.8 Å². The number of aliphatic carboxylic acids is 1. The number of ether oxygens (including phenoxy) is 1. The fourth-order valence-corrected chi connectivity index (χ4v) is 7.08. The number of carboxylic acid groups (broad SMARTS) is 1. The molecule has 1 saturated heterocycles. The molecule has 1 aliphatic carbocycles. The van der Waals surface area contributed by atoms with Crippen LogP contribution in [0.4, 0.5) is 0 Å². The van der Waals surface area contributed by atoms with Gasteiger partial charge in [0.15, 0.2) is 0 Å². The number of hydrogen-bond acceptors (Lipinski definition) is 5. The Morgan fingerprint density at radius 2 is 1.68 bits per heavy atom. The third-order valence-electron chi connectivity index (χ3n) is 7.18. The molecule has 2 heterocycles. The molecule has 1 amide bonds. The van der Waals surface area contributed by atoms with Gasteiger partial charge in [-0.1, -0.05) is 72.3 Å². The van der Waals surface area contributed by atoms with Gasteiger partial charge in [-0.15, -0.1) is 0 Å². The second kappa shape index (κ2) is 10.2. The zero-order valence-corrected chi connectivity index (χ0v) is 22.7. The lowest BCUT2D eigenvalue weighted by Gasteiger charge is -2.44. The fraction of sp³-hybridized carbons (Fsp3) is 0.200. The fourth-order valence-electron chi connectivity index (χ4n) is 5.30. The lowest BCUT2D eigenvalue weighted by atomic mass is 9.93. The maximum absolute atomic E-state index is 14.2. The summed E-state index contributed by atoms with van der Waals surface area (Å²) < 4.78 is 36.0. The normalized spacial score (nSPS) is 21.2. The van der Waals surface area contributed by atoms with E-state index in [0.717, 1.165) is 0 Å². The summed E-state index contributed by atoms with van der Waals surface area (Å²) in [6.07, 6.45) is 1.21. The first-order valence-corrected chi connectivity index (χ1v) is 14.6. The lowest BCUT2D eigenvalue weighted by molar-refractivity contribution is -0.179. The van der Waals surface area contributed by atoms with Crippen molar-refractivity contribution in [2.24, 2.45) is 5.92 Å². The van der Waals surface area contributed by atoms with Crippen LogP contribution in [0, 0.1) is 5.92 Å². The average Bonchev–Trinajstić information content (AvgIpc) is 3.67. The van der Waals surface area contributed by atoms with E-state index in [1.807, 2.05) is 24.3 Å². The highest BCUT2D eigenvalue weighted by molar-refractivity contribution is 7.90. The molecular formula is C30H25ClN2O6S. The van der Waals surface area contributed by atoms with Gasteiger partial charge in [-0.05, 0) is 42.0 Å². The first-order chi connectivity index (χ1) is 19.2. The summed E-state index contributed by atoms with van der Waals surface area (Å²) in [6.45, 7) is 0.257. The second-order valence-electron chi connectivity index (χ2n) is 9.89. The van der Waals surface area contributed by atoms with E-state index < -0.39 is 46.6 Å². The molecular weight excluding hydrogens is 552 g/mol. The van der Waals surface area contributed by atoms with Gasteiger partial charge in [0, 0.05) is 22.9 Å². The van der Waals surface area contributed by atoms with E-state index >= 15 is 0 Å². The van der Waals surface area contributed by atoms with Crippen molar-refractivity contribution in [3.05, 3.63) is 113 Å². The number of carbonyl (C=O) groups excluding carboxylic acids is 1.